The van der Waals surface area contributed by atoms with Gasteiger partial charge in [0, 0.05) is 24.5 Å². The molecular weight excluding hydrogens is 292 g/mol. The Kier molecular flexibility index (Phi) is 5.90. The maximum absolute atomic E-state index is 12.4. The van der Waals surface area contributed by atoms with Crippen molar-refractivity contribution in [2.45, 2.75) is 32.6 Å². The van der Waals surface area contributed by atoms with E-state index >= 15 is 0 Å². The van der Waals surface area contributed by atoms with Crippen LogP contribution in [-0.4, -0.2) is 28.8 Å². The molecule has 0 aliphatic rings. The smallest absolute Gasteiger partial charge is 0.246 e. The van der Waals surface area contributed by atoms with Crippen molar-refractivity contribution in [3.63, 3.8) is 0 Å². The molecule has 1 aromatic heterocycles. The molecule has 1 atom stereocenters. The van der Waals surface area contributed by atoms with Crippen LogP contribution in [0.3, 0.4) is 0 Å². The van der Waals surface area contributed by atoms with Crippen molar-refractivity contribution in [2.75, 3.05) is 12.4 Å². The summed E-state index contributed by atoms with van der Waals surface area (Å²) >= 11 is 0. The van der Waals surface area contributed by atoms with Gasteiger partial charge in [0.2, 0.25) is 5.91 Å². The lowest BCUT2D eigenvalue weighted by molar-refractivity contribution is -0.118. The molecule has 1 unspecified atom stereocenters. The van der Waals surface area contributed by atoms with Crippen molar-refractivity contribution in [3.05, 3.63) is 47.8 Å². The highest BCUT2D eigenvalue weighted by Gasteiger charge is 2.20. The molecule has 0 saturated heterocycles. The molecule has 0 aliphatic heterocycles. The van der Waals surface area contributed by atoms with Gasteiger partial charge < -0.3 is 15.4 Å². The van der Waals surface area contributed by atoms with Crippen LogP contribution in [0.2, 0.25) is 0 Å². The maximum Gasteiger partial charge on any atom is 0.246 e. The molecule has 0 radical (unpaired) electrons. The Balaban J connectivity index is 1.98. The SMILES string of the molecule is CNC(C(=O)Nc1ccc(COC(C)C)cc1)c1cnn(C)c1. The zero-order valence-corrected chi connectivity index (χ0v) is 14.0. The molecule has 124 valence electrons. The predicted octanol–water partition coefficient (Wildman–Crippen LogP) is 2.24. The van der Waals surface area contributed by atoms with Gasteiger partial charge in [-0.2, -0.15) is 5.10 Å². The fraction of sp³-hybridized carbons (Fsp3) is 0.412. The molecule has 2 N–H and O–H groups in total. The average Bonchev–Trinajstić information content (AvgIpc) is 2.93. The average molecular weight is 316 g/mol. The van der Waals surface area contributed by atoms with Crippen LogP contribution in [0.4, 0.5) is 5.69 Å². The van der Waals surface area contributed by atoms with E-state index in [1.54, 1.807) is 17.9 Å². The number of hydrogen-bond acceptors (Lipinski definition) is 4. The van der Waals surface area contributed by atoms with Crippen molar-refractivity contribution in [1.82, 2.24) is 15.1 Å². The van der Waals surface area contributed by atoms with E-state index in [4.69, 9.17) is 4.74 Å². The fourth-order valence-corrected chi connectivity index (χ4v) is 2.20. The molecule has 1 aromatic carbocycles. The van der Waals surface area contributed by atoms with E-state index < -0.39 is 6.04 Å². The van der Waals surface area contributed by atoms with Gasteiger partial charge in [-0.3, -0.25) is 9.48 Å². The highest BCUT2D eigenvalue weighted by molar-refractivity contribution is 5.95. The summed E-state index contributed by atoms with van der Waals surface area (Å²) in [7, 11) is 3.58. The molecule has 1 amide bonds. The van der Waals surface area contributed by atoms with Gasteiger partial charge in [-0.25, -0.2) is 0 Å². The summed E-state index contributed by atoms with van der Waals surface area (Å²) in [6.07, 6.45) is 3.71. The standard InChI is InChI=1S/C17H24N4O2/c1-12(2)23-11-13-5-7-15(8-6-13)20-17(22)16(18-3)14-9-19-21(4)10-14/h5-10,12,16,18H,11H2,1-4H3,(H,20,22). The second-order valence-corrected chi connectivity index (χ2v) is 5.71. The number of carbonyl (C=O) groups excluding carboxylic acids is 1. The largest absolute Gasteiger partial charge is 0.374 e. The number of carbonyl (C=O) groups is 1. The van der Waals surface area contributed by atoms with Gasteiger partial charge in [-0.15, -0.1) is 0 Å². The van der Waals surface area contributed by atoms with Crippen LogP contribution in [-0.2, 0) is 23.2 Å². The van der Waals surface area contributed by atoms with E-state index in [0.29, 0.717) is 6.61 Å². The molecule has 0 fully saturated rings. The maximum atomic E-state index is 12.4. The second kappa shape index (κ2) is 7.89. The fourth-order valence-electron chi connectivity index (χ4n) is 2.20. The van der Waals surface area contributed by atoms with Gasteiger partial charge in [-0.05, 0) is 38.6 Å². The minimum atomic E-state index is -0.437. The highest BCUT2D eigenvalue weighted by atomic mass is 16.5. The third-order valence-corrected chi connectivity index (χ3v) is 3.41. The number of aromatic nitrogens is 2. The molecule has 0 saturated carbocycles. The van der Waals surface area contributed by atoms with Crippen molar-refractivity contribution in [1.29, 1.82) is 0 Å². The first-order chi connectivity index (χ1) is 11.0. The Morgan fingerprint density at radius 1 is 1.30 bits per heavy atom. The quantitative estimate of drug-likeness (QED) is 0.822. The Morgan fingerprint density at radius 3 is 2.52 bits per heavy atom. The minimum absolute atomic E-state index is 0.119. The van der Waals surface area contributed by atoms with Crippen molar-refractivity contribution >= 4 is 11.6 Å². The number of rotatable bonds is 7. The van der Waals surface area contributed by atoms with Crippen LogP contribution >= 0.6 is 0 Å². The number of benzene rings is 1. The molecule has 2 rings (SSSR count). The van der Waals surface area contributed by atoms with Gasteiger partial charge in [0.1, 0.15) is 6.04 Å². The van der Waals surface area contributed by atoms with Crippen molar-refractivity contribution in [3.8, 4) is 0 Å². The minimum Gasteiger partial charge on any atom is -0.374 e. The lowest BCUT2D eigenvalue weighted by Crippen LogP contribution is -2.30. The van der Waals surface area contributed by atoms with E-state index in [1.807, 2.05) is 51.4 Å². The number of ether oxygens (including phenoxy) is 1. The number of anilines is 1. The predicted molar refractivity (Wildman–Crippen MR) is 90.0 cm³/mol. The van der Waals surface area contributed by atoms with E-state index in [-0.39, 0.29) is 12.0 Å². The van der Waals surface area contributed by atoms with Gasteiger partial charge in [0.05, 0.1) is 18.9 Å². The first-order valence-corrected chi connectivity index (χ1v) is 7.67. The molecule has 0 bridgehead atoms. The lowest BCUT2D eigenvalue weighted by atomic mass is 10.1. The van der Waals surface area contributed by atoms with Gasteiger partial charge in [0.15, 0.2) is 0 Å². The topological polar surface area (TPSA) is 68.2 Å². The van der Waals surface area contributed by atoms with Gasteiger partial charge in [-0.1, -0.05) is 12.1 Å². The molecule has 0 aliphatic carbocycles. The number of nitrogens with zero attached hydrogens (tertiary/aromatic N) is 2. The molecular formula is C17H24N4O2. The highest BCUT2D eigenvalue weighted by Crippen LogP contribution is 2.16. The molecule has 2 aromatic rings. The summed E-state index contributed by atoms with van der Waals surface area (Å²) in [6.45, 7) is 4.58. The van der Waals surface area contributed by atoms with E-state index in [1.165, 1.54) is 0 Å². The normalized spacial score (nSPS) is 12.4. The molecule has 1 heterocycles. The molecule has 6 nitrogen and oxygen atoms in total. The van der Waals surface area contributed by atoms with Gasteiger partial charge >= 0.3 is 0 Å². The van der Waals surface area contributed by atoms with Crippen LogP contribution in [0, 0.1) is 0 Å². The summed E-state index contributed by atoms with van der Waals surface area (Å²) in [6, 6.07) is 7.24. The molecule has 0 spiro atoms. The summed E-state index contributed by atoms with van der Waals surface area (Å²) in [5.41, 5.74) is 2.66. The zero-order chi connectivity index (χ0) is 16.8. The third kappa shape index (κ3) is 4.91. The van der Waals surface area contributed by atoms with Crippen LogP contribution < -0.4 is 10.6 Å². The van der Waals surface area contributed by atoms with E-state index in [9.17, 15) is 4.79 Å². The van der Waals surface area contributed by atoms with Crippen molar-refractivity contribution < 1.29 is 9.53 Å². The number of aryl methyl sites for hydroxylation is 1. The Labute approximate surface area is 136 Å². The van der Waals surface area contributed by atoms with Gasteiger partial charge in [0.25, 0.3) is 0 Å². The second-order valence-electron chi connectivity index (χ2n) is 5.71. The first kappa shape index (κ1) is 17.2. The third-order valence-electron chi connectivity index (χ3n) is 3.41. The number of hydrogen-bond donors (Lipinski definition) is 2. The monoisotopic (exact) mass is 316 g/mol. The summed E-state index contributed by atoms with van der Waals surface area (Å²) in [5, 5.41) is 10.0. The molecule has 6 heteroatoms. The first-order valence-electron chi connectivity index (χ1n) is 7.67. The Hall–Kier alpha value is -2.18. The number of likely N-dealkylation sites (N-methyl/N-ethyl adjacent to an activating group) is 1. The number of nitrogens with one attached hydrogen (secondary N) is 2. The van der Waals surface area contributed by atoms with Crippen molar-refractivity contribution in [2.24, 2.45) is 7.05 Å². The summed E-state index contributed by atoms with van der Waals surface area (Å²) in [5.74, 6) is -0.119. The molecule has 23 heavy (non-hydrogen) atoms. The summed E-state index contributed by atoms with van der Waals surface area (Å²) in [4.78, 5) is 12.4. The summed E-state index contributed by atoms with van der Waals surface area (Å²) < 4.78 is 7.24. The van der Waals surface area contributed by atoms with Crippen LogP contribution in [0.1, 0.15) is 31.0 Å². The van der Waals surface area contributed by atoms with Crippen LogP contribution in [0.5, 0.6) is 0 Å². The Bertz CT molecular complexity index is 634. The number of amides is 1. The van der Waals surface area contributed by atoms with Crippen LogP contribution in [0.15, 0.2) is 36.7 Å². The van der Waals surface area contributed by atoms with E-state index in [2.05, 4.69) is 15.7 Å². The van der Waals surface area contributed by atoms with Crippen LogP contribution in [0.25, 0.3) is 0 Å². The van der Waals surface area contributed by atoms with E-state index in [0.717, 1.165) is 16.8 Å². The lowest BCUT2D eigenvalue weighted by Gasteiger charge is -2.15. The zero-order valence-electron chi connectivity index (χ0n) is 14.0. The Morgan fingerprint density at radius 2 is 2.00 bits per heavy atom.